The van der Waals surface area contributed by atoms with Gasteiger partial charge in [-0.3, -0.25) is 4.90 Å². The number of methoxy groups -OCH3 is 1. The third-order valence-corrected chi connectivity index (χ3v) is 3.67. The number of ether oxygens (including phenoxy) is 1. The van der Waals surface area contributed by atoms with Crippen LogP contribution in [0.1, 0.15) is 18.9 Å². The van der Waals surface area contributed by atoms with Crippen LogP contribution in [0.25, 0.3) is 0 Å². The minimum Gasteiger partial charge on any atom is -0.497 e. The molecule has 1 unspecified atom stereocenters. The first-order chi connectivity index (χ1) is 8.56. The van der Waals surface area contributed by atoms with Crippen molar-refractivity contribution in [3.05, 3.63) is 29.6 Å². The molecule has 1 N–H and O–H groups in total. The Balaban J connectivity index is 2.02. The third-order valence-electron chi connectivity index (χ3n) is 3.67. The summed E-state index contributed by atoms with van der Waals surface area (Å²) < 4.78 is 18.8. The van der Waals surface area contributed by atoms with E-state index in [1.165, 1.54) is 13.2 Å². The van der Waals surface area contributed by atoms with Gasteiger partial charge in [0.1, 0.15) is 11.6 Å². The molecule has 1 heterocycles. The maximum absolute atomic E-state index is 13.8. The first kappa shape index (κ1) is 13.3. The number of halogens is 1. The number of benzene rings is 1. The summed E-state index contributed by atoms with van der Waals surface area (Å²) in [6, 6.07) is 4.96. The fraction of sp³-hybridized carbons (Fsp3) is 0.571. The minimum atomic E-state index is -0.230. The number of hydrogen-bond acceptors (Lipinski definition) is 3. The Morgan fingerprint density at radius 2 is 2.28 bits per heavy atom. The van der Waals surface area contributed by atoms with Gasteiger partial charge in [0.25, 0.3) is 0 Å². The largest absolute Gasteiger partial charge is 0.497 e. The summed E-state index contributed by atoms with van der Waals surface area (Å²) in [5.41, 5.74) is 0.640. The molecule has 2 rings (SSSR count). The standard InChI is InChI=1S/C14H20FNO2/c1-14(10-17)5-6-16(9-14)8-11-3-4-12(18-2)7-13(11)15/h3-4,7,17H,5-6,8-10H2,1-2H3. The zero-order chi connectivity index (χ0) is 13.2. The van der Waals surface area contributed by atoms with Crippen LogP contribution < -0.4 is 4.74 Å². The summed E-state index contributed by atoms with van der Waals surface area (Å²) in [6.45, 7) is 4.56. The highest BCUT2D eigenvalue weighted by molar-refractivity contribution is 5.28. The topological polar surface area (TPSA) is 32.7 Å². The predicted molar refractivity (Wildman–Crippen MR) is 68.0 cm³/mol. The first-order valence-electron chi connectivity index (χ1n) is 6.22. The van der Waals surface area contributed by atoms with Crippen molar-refractivity contribution in [1.82, 2.24) is 4.90 Å². The van der Waals surface area contributed by atoms with Crippen LogP contribution in [-0.2, 0) is 6.54 Å². The summed E-state index contributed by atoms with van der Waals surface area (Å²) in [4.78, 5) is 2.18. The number of aliphatic hydroxyl groups excluding tert-OH is 1. The molecule has 0 bridgehead atoms. The maximum atomic E-state index is 13.8. The summed E-state index contributed by atoms with van der Waals surface area (Å²) in [5, 5.41) is 9.31. The van der Waals surface area contributed by atoms with E-state index < -0.39 is 0 Å². The lowest BCUT2D eigenvalue weighted by Gasteiger charge is -2.22. The van der Waals surface area contributed by atoms with Crippen LogP contribution in [0.5, 0.6) is 5.75 Å². The number of hydrogen-bond donors (Lipinski definition) is 1. The quantitative estimate of drug-likeness (QED) is 0.891. The van der Waals surface area contributed by atoms with Crippen molar-refractivity contribution >= 4 is 0 Å². The highest BCUT2D eigenvalue weighted by atomic mass is 19.1. The van der Waals surface area contributed by atoms with Gasteiger partial charge in [0.05, 0.1) is 7.11 Å². The fourth-order valence-electron chi connectivity index (χ4n) is 2.41. The molecule has 1 aromatic rings. The lowest BCUT2D eigenvalue weighted by Crippen LogP contribution is -2.27. The Morgan fingerprint density at radius 3 is 2.83 bits per heavy atom. The zero-order valence-corrected chi connectivity index (χ0v) is 10.9. The molecular weight excluding hydrogens is 233 g/mol. The Hall–Kier alpha value is -1.13. The van der Waals surface area contributed by atoms with E-state index in [1.807, 2.05) is 0 Å². The molecule has 1 atom stereocenters. The van der Waals surface area contributed by atoms with Gasteiger partial charge in [-0.1, -0.05) is 13.0 Å². The van der Waals surface area contributed by atoms with Crippen molar-refractivity contribution in [2.75, 3.05) is 26.8 Å². The number of likely N-dealkylation sites (tertiary alicyclic amines) is 1. The zero-order valence-electron chi connectivity index (χ0n) is 10.9. The molecule has 0 saturated carbocycles. The second-order valence-corrected chi connectivity index (χ2v) is 5.39. The Morgan fingerprint density at radius 1 is 1.50 bits per heavy atom. The van der Waals surface area contributed by atoms with Crippen LogP contribution in [0.3, 0.4) is 0 Å². The van der Waals surface area contributed by atoms with Gasteiger partial charge in [-0.25, -0.2) is 4.39 Å². The molecular formula is C14H20FNO2. The SMILES string of the molecule is COc1ccc(CN2CCC(C)(CO)C2)c(F)c1. The fourth-order valence-corrected chi connectivity index (χ4v) is 2.41. The minimum absolute atomic E-state index is 0.0387. The molecule has 0 amide bonds. The van der Waals surface area contributed by atoms with E-state index in [9.17, 15) is 9.50 Å². The van der Waals surface area contributed by atoms with Gasteiger partial charge >= 0.3 is 0 Å². The van der Waals surface area contributed by atoms with Crippen molar-refractivity contribution in [3.8, 4) is 5.75 Å². The van der Waals surface area contributed by atoms with Gasteiger partial charge in [0, 0.05) is 36.7 Å². The number of aliphatic hydroxyl groups is 1. The molecule has 1 aliphatic rings. The molecule has 0 radical (unpaired) electrons. The van der Waals surface area contributed by atoms with Gasteiger partial charge in [0.15, 0.2) is 0 Å². The van der Waals surface area contributed by atoms with E-state index in [1.54, 1.807) is 12.1 Å². The van der Waals surface area contributed by atoms with E-state index in [2.05, 4.69) is 11.8 Å². The molecule has 0 aliphatic carbocycles. The molecule has 1 aromatic carbocycles. The van der Waals surface area contributed by atoms with Gasteiger partial charge < -0.3 is 9.84 Å². The summed E-state index contributed by atoms with van der Waals surface area (Å²) >= 11 is 0. The molecule has 1 fully saturated rings. The number of nitrogens with zero attached hydrogens (tertiary/aromatic N) is 1. The molecule has 4 heteroatoms. The van der Waals surface area contributed by atoms with Crippen molar-refractivity contribution in [2.24, 2.45) is 5.41 Å². The number of rotatable bonds is 4. The smallest absolute Gasteiger partial charge is 0.131 e. The molecule has 1 aliphatic heterocycles. The highest BCUT2D eigenvalue weighted by Gasteiger charge is 2.33. The second kappa shape index (κ2) is 5.24. The average molecular weight is 253 g/mol. The van der Waals surface area contributed by atoms with Crippen molar-refractivity contribution in [1.29, 1.82) is 0 Å². The van der Waals surface area contributed by atoms with Gasteiger partial charge in [-0.15, -0.1) is 0 Å². The molecule has 3 nitrogen and oxygen atoms in total. The first-order valence-corrected chi connectivity index (χ1v) is 6.22. The maximum Gasteiger partial charge on any atom is 0.131 e. The monoisotopic (exact) mass is 253 g/mol. The Bertz CT molecular complexity index is 424. The van der Waals surface area contributed by atoms with Crippen LogP contribution in [-0.4, -0.2) is 36.8 Å². The average Bonchev–Trinajstić information content (AvgIpc) is 2.74. The highest BCUT2D eigenvalue weighted by Crippen LogP contribution is 2.30. The van der Waals surface area contributed by atoms with Crippen molar-refractivity contribution in [3.63, 3.8) is 0 Å². The van der Waals surface area contributed by atoms with Gasteiger partial charge in [-0.05, 0) is 19.0 Å². The lowest BCUT2D eigenvalue weighted by atomic mass is 9.91. The van der Waals surface area contributed by atoms with E-state index in [4.69, 9.17) is 4.74 Å². The van der Waals surface area contributed by atoms with Gasteiger partial charge in [-0.2, -0.15) is 0 Å². The second-order valence-electron chi connectivity index (χ2n) is 5.39. The summed E-state index contributed by atoms with van der Waals surface area (Å²) in [7, 11) is 1.53. The van der Waals surface area contributed by atoms with Crippen LogP contribution >= 0.6 is 0 Å². The van der Waals surface area contributed by atoms with E-state index in [-0.39, 0.29) is 17.8 Å². The van der Waals surface area contributed by atoms with Crippen LogP contribution in [0.15, 0.2) is 18.2 Å². The predicted octanol–water partition coefficient (Wildman–Crippen LogP) is 2.04. The molecule has 1 saturated heterocycles. The lowest BCUT2D eigenvalue weighted by molar-refractivity contribution is 0.144. The van der Waals surface area contributed by atoms with Crippen molar-refractivity contribution < 1.29 is 14.2 Å². The molecule has 0 spiro atoms. The van der Waals surface area contributed by atoms with Crippen LogP contribution in [0, 0.1) is 11.2 Å². The Kier molecular flexibility index (Phi) is 3.88. The van der Waals surface area contributed by atoms with Gasteiger partial charge in [0.2, 0.25) is 0 Å². The van der Waals surface area contributed by atoms with Crippen LogP contribution in [0.2, 0.25) is 0 Å². The molecule has 18 heavy (non-hydrogen) atoms. The van der Waals surface area contributed by atoms with Crippen LogP contribution in [0.4, 0.5) is 4.39 Å². The van der Waals surface area contributed by atoms with E-state index >= 15 is 0 Å². The third kappa shape index (κ3) is 2.82. The Labute approximate surface area is 107 Å². The van der Waals surface area contributed by atoms with E-state index in [0.717, 1.165) is 19.5 Å². The van der Waals surface area contributed by atoms with E-state index in [0.29, 0.717) is 17.9 Å². The summed E-state index contributed by atoms with van der Waals surface area (Å²) in [5.74, 6) is 0.310. The normalized spacial score (nSPS) is 24.4. The van der Waals surface area contributed by atoms with Crippen molar-refractivity contribution in [2.45, 2.75) is 19.9 Å². The summed E-state index contributed by atoms with van der Waals surface area (Å²) in [6.07, 6.45) is 0.960. The molecule has 0 aromatic heterocycles. The molecule has 100 valence electrons.